The summed E-state index contributed by atoms with van der Waals surface area (Å²) in [5, 5.41) is 5.97. The molecule has 0 spiro atoms. The zero-order chi connectivity index (χ0) is 13.1. The molecule has 0 saturated carbocycles. The molecule has 0 bridgehead atoms. The van der Waals surface area contributed by atoms with Crippen LogP contribution < -0.4 is 5.32 Å². The summed E-state index contributed by atoms with van der Waals surface area (Å²) in [6.07, 6.45) is 3.87. The Balaban J connectivity index is 1.51. The second-order valence-electron chi connectivity index (χ2n) is 4.35. The summed E-state index contributed by atoms with van der Waals surface area (Å²) in [4.78, 5) is 22.4. The van der Waals surface area contributed by atoms with Crippen molar-refractivity contribution in [2.75, 3.05) is 13.1 Å². The minimum absolute atomic E-state index is 0.0387. The van der Waals surface area contributed by atoms with Crippen LogP contribution in [0.5, 0.6) is 0 Å². The SMILES string of the molecule is O=C(CC1=CSC2=NCCN12)NCc1ccncc1. The van der Waals surface area contributed by atoms with Gasteiger partial charge >= 0.3 is 0 Å². The monoisotopic (exact) mass is 274 g/mol. The third-order valence-corrected chi connectivity index (χ3v) is 3.98. The number of pyridine rings is 1. The smallest absolute Gasteiger partial charge is 0.226 e. The van der Waals surface area contributed by atoms with Crippen molar-refractivity contribution in [3.05, 3.63) is 41.2 Å². The minimum atomic E-state index is 0.0387. The van der Waals surface area contributed by atoms with Gasteiger partial charge in [0.2, 0.25) is 5.91 Å². The minimum Gasteiger partial charge on any atom is -0.352 e. The van der Waals surface area contributed by atoms with Gasteiger partial charge in [0.1, 0.15) is 0 Å². The predicted octanol–water partition coefficient (Wildman–Crippen LogP) is 1.35. The van der Waals surface area contributed by atoms with Crippen LogP contribution in [0.4, 0.5) is 0 Å². The lowest BCUT2D eigenvalue weighted by atomic mass is 10.2. The molecule has 3 rings (SSSR count). The van der Waals surface area contributed by atoms with E-state index in [0.29, 0.717) is 13.0 Å². The molecule has 0 radical (unpaired) electrons. The number of aromatic nitrogens is 1. The van der Waals surface area contributed by atoms with E-state index in [9.17, 15) is 4.79 Å². The third-order valence-electron chi connectivity index (χ3n) is 3.03. The molecule has 0 atom stereocenters. The number of carbonyl (C=O) groups is 1. The zero-order valence-corrected chi connectivity index (χ0v) is 11.2. The molecule has 0 aliphatic carbocycles. The standard InChI is InChI=1S/C13H14N4OS/c18-12(16-8-10-1-3-14-4-2-10)7-11-9-19-13-15-5-6-17(11)13/h1-4,9H,5-8H2,(H,16,18). The average Bonchev–Trinajstić information content (AvgIpc) is 3.03. The number of fused-ring (bicyclic) bond motifs is 1. The van der Waals surface area contributed by atoms with Crippen molar-refractivity contribution >= 4 is 22.8 Å². The Bertz CT molecular complexity index is 541. The lowest BCUT2D eigenvalue weighted by Crippen LogP contribution is -2.28. The second kappa shape index (κ2) is 5.44. The molecule has 0 aromatic carbocycles. The maximum Gasteiger partial charge on any atom is 0.226 e. The molecular formula is C13H14N4OS. The first-order valence-electron chi connectivity index (χ1n) is 6.16. The summed E-state index contributed by atoms with van der Waals surface area (Å²) in [5.41, 5.74) is 2.11. The van der Waals surface area contributed by atoms with E-state index < -0.39 is 0 Å². The first-order chi connectivity index (χ1) is 9.33. The highest BCUT2D eigenvalue weighted by Crippen LogP contribution is 2.30. The van der Waals surface area contributed by atoms with Gasteiger partial charge in [-0.05, 0) is 23.1 Å². The van der Waals surface area contributed by atoms with Crippen LogP contribution in [0.15, 0.2) is 40.6 Å². The van der Waals surface area contributed by atoms with Gasteiger partial charge in [0.05, 0.1) is 13.0 Å². The van der Waals surface area contributed by atoms with Crippen molar-refractivity contribution in [2.45, 2.75) is 13.0 Å². The molecule has 1 aromatic heterocycles. The lowest BCUT2D eigenvalue weighted by molar-refractivity contribution is -0.120. The fourth-order valence-corrected chi connectivity index (χ4v) is 3.00. The van der Waals surface area contributed by atoms with Crippen molar-refractivity contribution in [1.82, 2.24) is 15.2 Å². The molecular weight excluding hydrogens is 260 g/mol. The van der Waals surface area contributed by atoms with Gasteiger partial charge in [-0.3, -0.25) is 14.8 Å². The molecule has 1 N–H and O–H groups in total. The number of carbonyl (C=O) groups excluding carboxylic acids is 1. The van der Waals surface area contributed by atoms with Gasteiger partial charge in [-0.25, -0.2) is 0 Å². The van der Waals surface area contributed by atoms with E-state index in [4.69, 9.17) is 0 Å². The maximum atomic E-state index is 11.9. The highest BCUT2D eigenvalue weighted by Gasteiger charge is 2.27. The molecule has 2 aliphatic rings. The Labute approximate surface area is 115 Å². The van der Waals surface area contributed by atoms with Gasteiger partial charge in [0.25, 0.3) is 0 Å². The number of thioether (sulfide) groups is 1. The molecule has 6 heteroatoms. The third kappa shape index (κ3) is 2.78. The molecule has 1 aromatic rings. The Morgan fingerprint density at radius 2 is 2.26 bits per heavy atom. The van der Waals surface area contributed by atoms with Gasteiger partial charge < -0.3 is 10.2 Å². The van der Waals surface area contributed by atoms with E-state index in [1.807, 2.05) is 17.5 Å². The van der Waals surface area contributed by atoms with Gasteiger partial charge in [0.15, 0.2) is 5.17 Å². The number of rotatable bonds is 4. The van der Waals surface area contributed by atoms with Crippen molar-refractivity contribution in [3.63, 3.8) is 0 Å². The van der Waals surface area contributed by atoms with Gasteiger partial charge in [0, 0.05) is 31.2 Å². The fraction of sp³-hybridized carbons (Fsp3) is 0.308. The molecule has 2 aliphatic heterocycles. The van der Waals surface area contributed by atoms with Crippen LogP contribution in [0.2, 0.25) is 0 Å². The van der Waals surface area contributed by atoms with Crippen LogP contribution in [0, 0.1) is 0 Å². The van der Waals surface area contributed by atoms with E-state index in [0.717, 1.165) is 29.5 Å². The van der Waals surface area contributed by atoms with Crippen LogP contribution in [-0.4, -0.2) is 34.0 Å². The molecule has 5 nitrogen and oxygen atoms in total. The first-order valence-corrected chi connectivity index (χ1v) is 7.04. The summed E-state index contributed by atoms with van der Waals surface area (Å²) >= 11 is 1.60. The quantitative estimate of drug-likeness (QED) is 0.900. The van der Waals surface area contributed by atoms with Crippen LogP contribution in [-0.2, 0) is 11.3 Å². The van der Waals surface area contributed by atoms with E-state index in [1.54, 1.807) is 24.2 Å². The number of aliphatic imine (C=N–C) groups is 1. The number of nitrogens with zero attached hydrogens (tertiary/aromatic N) is 3. The van der Waals surface area contributed by atoms with Gasteiger partial charge in [-0.15, -0.1) is 0 Å². The molecule has 0 fully saturated rings. The summed E-state index contributed by atoms with van der Waals surface area (Å²) in [5.74, 6) is 0.0387. The summed E-state index contributed by atoms with van der Waals surface area (Å²) < 4.78 is 0. The predicted molar refractivity (Wildman–Crippen MR) is 75.4 cm³/mol. The van der Waals surface area contributed by atoms with E-state index >= 15 is 0 Å². The number of hydrogen-bond donors (Lipinski definition) is 1. The second-order valence-corrected chi connectivity index (χ2v) is 5.19. The fourth-order valence-electron chi connectivity index (χ4n) is 2.04. The topological polar surface area (TPSA) is 57.6 Å². The molecule has 0 saturated heterocycles. The Morgan fingerprint density at radius 3 is 3.11 bits per heavy atom. The highest BCUT2D eigenvalue weighted by molar-refractivity contribution is 8.16. The molecule has 3 heterocycles. The Hall–Kier alpha value is -1.82. The normalized spacial score (nSPS) is 16.9. The Kier molecular flexibility index (Phi) is 3.50. The van der Waals surface area contributed by atoms with E-state index in [-0.39, 0.29) is 5.91 Å². The molecule has 1 amide bonds. The van der Waals surface area contributed by atoms with E-state index in [2.05, 4.69) is 20.2 Å². The van der Waals surface area contributed by atoms with Crippen molar-refractivity contribution in [1.29, 1.82) is 0 Å². The van der Waals surface area contributed by atoms with Crippen LogP contribution in [0.1, 0.15) is 12.0 Å². The maximum absolute atomic E-state index is 11.9. The summed E-state index contributed by atoms with van der Waals surface area (Å²) in [6, 6.07) is 3.80. The molecule has 19 heavy (non-hydrogen) atoms. The van der Waals surface area contributed by atoms with Crippen molar-refractivity contribution in [3.8, 4) is 0 Å². The first kappa shape index (κ1) is 12.2. The van der Waals surface area contributed by atoms with Crippen LogP contribution in [0.25, 0.3) is 0 Å². The number of nitrogens with one attached hydrogen (secondary N) is 1. The number of amides is 1. The zero-order valence-electron chi connectivity index (χ0n) is 10.4. The largest absolute Gasteiger partial charge is 0.352 e. The van der Waals surface area contributed by atoms with Crippen molar-refractivity contribution in [2.24, 2.45) is 4.99 Å². The van der Waals surface area contributed by atoms with Crippen LogP contribution >= 0.6 is 11.8 Å². The van der Waals surface area contributed by atoms with Crippen LogP contribution in [0.3, 0.4) is 0 Å². The van der Waals surface area contributed by atoms with E-state index in [1.165, 1.54) is 0 Å². The average molecular weight is 274 g/mol. The Morgan fingerprint density at radius 1 is 1.42 bits per heavy atom. The lowest BCUT2D eigenvalue weighted by Gasteiger charge is -2.16. The summed E-state index contributed by atoms with van der Waals surface area (Å²) in [6.45, 7) is 2.27. The highest BCUT2D eigenvalue weighted by atomic mass is 32.2. The number of hydrogen-bond acceptors (Lipinski definition) is 5. The summed E-state index contributed by atoms with van der Waals surface area (Å²) in [7, 11) is 0. The van der Waals surface area contributed by atoms with Crippen molar-refractivity contribution < 1.29 is 4.79 Å². The number of amidine groups is 1. The molecule has 0 unspecified atom stereocenters. The van der Waals surface area contributed by atoms with Gasteiger partial charge in [-0.2, -0.15) is 0 Å². The van der Waals surface area contributed by atoms with Gasteiger partial charge in [-0.1, -0.05) is 11.8 Å². The molecule has 98 valence electrons.